The van der Waals surface area contributed by atoms with Crippen LogP contribution in [0, 0.1) is 0 Å². The van der Waals surface area contributed by atoms with Gasteiger partial charge in [0.15, 0.2) is 11.5 Å². The van der Waals surface area contributed by atoms with Crippen molar-refractivity contribution in [2.24, 2.45) is 0 Å². The van der Waals surface area contributed by atoms with E-state index in [1.54, 1.807) is 11.8 Å². The highest BCUT2D eigenvalue weighted by Gasteiger charge is 2.13. The number of carbonyl (C=O) groups excluding carboxylic acids is 1. The van der Waals surface area contributed by atoms with Crippen molar-refractivity contribution in [2.45, 2.75) is 26.3 Å². The molecule has 0 spiro atoms. The molecule has 0 saturated carbocycles. The maximum atomic E-state index is 11.6. The van der Waals surface area contributed by atoms with Crippen LogP contribution in [0.2, 0.25) is 0 Å². The van der Waals surface area contributed by atoms with Crippen LogP contribution in [0.5, 0.6) is 11.5 Å². The van der Waals surface area contributed by atoms with Gasteiger partial charge in [-0.15, -0.1) is 0 Å². The van der Waals surface area contributed by atoms with Crippen LogP contribution in [0.3, 0.4) is 0 Å². The quantitative estimate of drug-likeness (QED) is 0.780. The van der Waals surface area contributed by atoms with E-state index in [1.165, 1.54) is 12.8 Å². The maximum absolute atomic E-state index is 11.6. The van der Waals surface area contributed by atoms with E-state index in [0.29, 0.717) is 12.3 Å². The first kappa shape index (κ1) is 14.1. The predicted octanol–water partition coefficient (Wildman–Crippen LogP) is 2.56. The van der Waals surface area contributed by atoms with E-state index in [1.807, 2.05) is 18.2 Å². The Morgan fingerprint density at radius 2 is 2.21 bits per heavy atom. The predicted molar refractivity (Wildman–Crippen MR) is 76.6 cm³/mol. The molecule has 0 radical (unpaired) electrons. The Bertz CT molecular complexity index is 437. The van der Waals surface area contributed by atoms with E-state index in [9.17, 15) is 4.79 Å². The van der Waals surface area contributed by atoms with Gasteiger partial charge in [0, 0.05) is 6.54 Å². The Kier molecular flexibility index (Phi) is 5.39. The Labute approximate surface area is 117 Å². The lowest BCUT2D eigenvalue weighted by atomic mass is 10.2. The van der Waals surface area contributed by atoms with E-state index < -0.39 is 0 Å². The second-order valence-corrected chi connectivity index (χ2v) is 5.48. The van der Waals surface area contributed by atoms with E-state index in [2.05, 4.69) is 12.2 Å². The molecular weight excluding hydrogens is 262 g/mol. The number of amides is 1. The molecule has 1 amide bonds. The lowest BCUT2D eigenvalue weighted by Gasteiger charge is -2.06. The minimum atomic E-state index is 0.0822. The molecule has 0 saturated heterocycles. The number of unbranched alkanes of at least 4 members (excludes halogenated alkanes) is 1. The highest BCUT2D eigenvalue weighted by molar-refractivity contribution is 7.99. The van der Waals surface area contributed by atoms with Crippen molar-refractivity contribution in [3.8, 4) is 11.5 Å². The molecule has 1 aromatic rings. The van der Waals surface area contributed by atoms with Crippen molar-refractivity contribution >= 4 is 17.7 Å². The summed E-state index contributed by atoms with van der Waals surface area (Å²) in [4.78, 5) is 11.6. The molecule has 0 aromatic heterocycles. The number of nitrogens with one attached hydrogen (secondary N) is 1. The number of hydrogen-bond acceptors (Lipinski definition) is 4. The molecule has 5 heteroatoms. The fraction of sp³-hybridized carbons (Fsp3) is 0.500. The largest absolute Gasteiger partial charge is 0.454 e. The van der Waals surface area contributed by atoms with Crippen molar-refractivity contribution in [2.75, 3.05) is 18.3 Å². The van der Waals surface area contributed by atoms with Gasteiger partial charge in [-0.3, -0.25) is 4.79 Å². The van der Waals surface area contributed by atoms with Gasteiger partial charge in [0.2, 0.25) is 12.7 Å². The van der Waals surface area contributed by atoms with E-state index in [-0.39, 0.29) is 12.7 Å². The molecule has 0 aliphatic carbocycles. The molecule has 0 unspecified atom stereocenters. The van der Waals surface area contributed by atoms with E-state index >= 15 is 0 Å². The fourth-order valence-electron chi connectivity index (χ4n) is 1.71. The zero-order valence-corrected chi connectivity index (χ0v) is 11.9. The summed E-state index contributed by atoms with van der Waals surface area (Å²) in [7, 11) is 0. The second-order valence-electron chi connectivity index (χ2n) is 4.37. The minimum absolute atomic E-state index is 0.0822. The highest BCUT2D eigenvalue weighted by Crippen LogP contribution is 2.32. The zero-order valence-electron chi connectivity index (χ0n) is 11.1. The Hall–Kier alpha value is -1.36. The summed E-state index contributed by atoms with van der Waals surface area (Å²) in [6.45, 7) is 2.96. The smallest absolute Gasteiger partial charge is 0.231 e. The highest BCUT2D eigenvalue weighted by atomic mass is 32.2. The third-order valence-corrected chi connectivity index (χ3v) is 3.85. The van der Waals surface area contributed by atoms with Gasteiger partial charge in [-0.05, 0) is 29.9 Å². The van der Waals surface area contributed by atoms with Crippen LogP contribution in [0.4, 0.5) is 0 Å². The number of hydrogen-bond donors (Lipinski definition) is 1. The van der Waals surface area contributed by atoms with Crippen LogP contribution in [-0.2, 0) is 11.3 Å². The monoisotopic (exact) mass is 281 g/mol. The summed E-state index contributed by atoms with van der Waals surface area (Å²) in [6.07, 6.45) is 2.34. The van der Waals surface area contributed by atoms with Crippen molar-refractivity contribution in [3.63, 3.8) is 0 Å². The van der Waals surface area contributed by atoms with Gasteiger partial charge in [0.05, 0.1) is 5.75 Å². The van der Waals surface area contributed by atoms with Crippen LogP contribution < -0.4 is 14.8 Å². The molecule has 0 fully saturated rings. The van der Waals surface area contributed by atoms with Crippen LogP contribution in [0.15, 0.2) is 18.2 Å². The van der Waals surface area contributed by atoms with Crippen molar-refractivity contribution < 1.29 is 14.3 Å². The molecule has 1 aliphatic heterocycles. The summed E-state index contributed by atoms with van der Waals surface area (Å²) in [5, 5.41) is 2.91. The molecule has 104 valence electrons. The number of rotatable bonds is 7. The summed E-state index contributed by atoms with van der Waals surface area (Å²) in [5.74, 6) is 3.19. The molecule has 2 rings (SSSR count). The summed E-state index contributed by atoms with van der Waals surface area (Å²) in [6, 6.07) is 5.73. The molecule has 4 nitrogen and oxygen atoms in total. The van der Waals surface area contributed by atoms with Crippen LogP contribution in [0.25, 0.3) is 0 Å². The third kappa shape index (κ3) is 4.35. The Morgan fingerprint density at radius 3 is 3.05 bits per heavy atom. The lowest BCUT2D eigenvalue weighted by Crippen LogP contribution is -2.24. The average molecular weight is 281 g/mol. The number of fused-ring (bicyclic) bond motifs is 1. The summed E-state index contributed by atoms with van der Waals surface area (Å²) in [5.41, 5.74) is 1.02. The van der Waals surface area contributed by atoms with Crippen LogP contribution >= 0.6 is 11.8 Å². The minimum Gasteiger partial charge on any atom is -0.454 e. The molecule has 19 heavy (non-hydrogen) atoms. The van der Waals surface area contributed by atoms with Crippen LogP contribution in [0.1, 0.15) is 25.3 Å². The average Bonchev–Trinajstić information content (AvgIpc) is 2.89. The third-order valence-electron chi connectivity index (χ3n) is 2.80. The fourth-order valence-corrected chi connectivity index (χ4v) is 2.64. The Morgan fingerprint density at radius 1 is 1.37 bits per heavy atom. The SMILES string of the molecule is CCCCSCC(=O)NCc1ccc2c(c1)OCO2. The van der Waals surface area contributed by atoms with Crippen molar-refractivity contribution in [1.29, 1.82) is 0 Å². The first-order chi connectivity index (χ1) is 9.29. The van der Waals surface area contributed by atoms with Gasteiger partial charge in [-0.25, -0.2) is 0 Å². The standard InChI is InChI=1S/C14H19NO3S/c1-2-3-6-19-9-14(16)15-8-11-4-5-12-13(7-11)18-10-17-12/h4-5,7H,2-3,6,8-10H2,1H3,(H,15,16). The number of carbonyl (C=O) groups is 1. The van der Waals surface area contributed by atoms with Crippen molar-refractivity contribution in [3.05, 3.63) is 23.8 Å². The number of thioether (sulfide) groups is 1. The molecule has 1 aliphatic rings. The topological polar surface area (TPSA) is 47.6 Å². The van der Waals surface area contributed by atoms with Crippen LogP contribution in [-0.4, -0.2) is 24.2 Å². The van der Waals surface area contributed by atoms with Gasteiger partial charge in [-0.2, -0.15) is 11.8 Å². The van der Waals surface area contributed by atoms with Crippen molar-refractivity contribution in [1.82, 2.24) is 5.32 Å². The summed E-state index contributed by atoms with van der Waals surface area (Å²) < 4.78 is 10.5. The van der Waals surface area contributed by atoms with Gasteiger partial charge in [0.1, 0.15) is 0 Å². The molecule has 1 heterocycles. The molecular formula is C14H19NO3S. The second kappa shape index (κ2) is 7.28. The molecule has 0 bridgehead atoms. The first-order valence-corrected chi connectivity index (χ1v) is 7.68. The number of benzene rings is 1. The van der Waals surface area contributed by atoms with E-state index in [4.69, 9.17) is 9.47 Å². The van der Waals surface area contributed by atoms with Gasteiger partial charge >= 0.3 is 0 Å². The zero-order chi connectivity index (χ0) is 13.5. The van der Waals surface area contributed by atoms with E-state index in [0.717, 1.165) is 22.8 Å². The molecule has 1 aromatic carbocycles. The Balaban J connectivity index is 1.71. The van der Waals surface area contributed by atoms with Gasteiger partial charge in [0.25, 0.3) is 0 Å². The summed E-state index contributed by atoms with van der Waals surface area (Å²) >= 11 is 1.68. The molecule has 0 atom stereocenters. The lowest BCUT2D eigenvalue weighted by molar-refractivity contribution is -0.118. The van der Waals surface area contributed by atoms with Gasteiger partial charge < -0.3 is 14.8 Å². The normalized spacial score (nSPS) is 12.5. The van der Waals surface area contributed by atoms with Gasteiger partial charge in [-0.1, -0.05) is 19.4 Å². The molecule has 1 N–H and O–H groups in total. The first-order valence-electron chi connectivity index (χ1n) is 6.52. The maximum Gasteiger partial charge on any atom is 0.231 e. The number of ether oxygens (including phenoxy) is 2.